The van der Waals surface area contributed by atoms with Crippen LogP contribution in [-0.4, -0.2) is 49.8 Å². The van der Waals surface area contributed by atoms with Crippen molar-refractivity contribution in [1.29, 1.82) is 0 Å². The number of rotatable bonds is 3. The maximum atomic E-state index is 13.0. The van der Waals surface area contributed by atoms with Crippen LogP contribution < -0.4 is 0 Å². The van der Waals surface area contributed by atoms with Gasteiger partial charge in [0.1, 0.15) is 5.82 Å². The van der Waals surface area contributed by atoms with Crippen molar-refractivity contribution < 1.29 is 18.7 Å². The number of carbonyl (C=O) groups excluding carboxylic acids is 1. The zero-order valence-corrected chi connectivity index (χ0v) is 13.9. The van der Waals surface area contributed by atoms with E-state index in [-0.39, 0.29) is 23.3 Å². The predicted octanol–water partition coefficient (Wildman–Crippen LogP) is 2.41. The third-order valence-corrected chi connectivity index (χ3v) is 5.60. The van der Waals surface area contributed by atoms with Crippen molar-refractivity contribution in [3.63, 3.8) is 0 Å². The maximum Gasteiger partial charge on any atom is 0.225 e. The molecular formula is C19H24FNO3. The summed E-state index contributed by atoms with van der Waals surface area (Å²) < 4.78 is 24.3. The lowest BCUT2D eigenvalue weighted by molar-refractivity contribution is -0.150. The van der Waals surface area contributed by atoms with E-state index in [0.717, 1.165) is 50.9 Å². The Balaban J connectivity index is 1.28. The van der Waals surface area contributed by atoms with Crippen LogP contribution in [0, 0.1) is 17.2 Å². The molecule has 130 valence electrons. The molecule has 24 heavy (non-hydrogen) atoms. The molecule has 3 aliphatic heterocycles. The first kappa shape index (κ1) is 16.0. The standard InChI is InChI=1S/C19H24FNO3/c20-16-3-1-14(2-4-16)9-17-10-19(13-24-17)11-21(12-19)18(22)15-5-7-23-8-6-15/h1-4,15,17H,5-13H2/t17-/m1/s1. The molecule has 5 heteroatoms. The van der Waals surface area contributed by atoms with Gasteiger partial charge >= 0.3 is 0 Å². The van der Waals surface area contributed by atoms with Gasteiger partial charge in [0.2, 0.25) is 5.91 Å². The van der Waals surface area contributed by atoms with E-state index in [1.807, 2.05) is 17.0 Å². The third kappa shape index (κ3) is 3.20. The molecule has 1 aromatic rings. The maximum absolute atomic E-state index is 13.0. The van der Waals surface area contributed by atoms with Crippen LogP contribution in [0.4, 0.5) is 4.39 Å². The largest absolute Gasteiger partial charge is 0.381 e. The highest BCUT2D eigenvalue weighted by Gasteiger charge is 2.51. The molecule has 1 amide bonds. The predicted molar refractivity (Wildman–Crippen MR) is 87.0 cm³/mol. The zero-order valence-electron chi connectivity index (χ0n) is 13.9. The first-order valence-electron chi connectivity index (χ1n) is 8.86. The Kier molecular flexibility index (Phi) is 4.31. The van der Waals surface area contributed by atoms with Crippen molar-refractivity contribution in [1.82, 2.24) is 4.90 Å². The van der Waals surface area contributed by atoms with E-state index in [1.54, 1.807) is 0 Å². The van der Waals surface area contributed by atoms with Gasteiger partial charge in [0, 0.05) is 37.6 Å². The second kappa shape index (κ2) is 6.45. The summed E-state index contributed by atoms with van der Waals surface area (Å²) in [6, 6.07) is 6.65. The van der Waals surface area contributed by atoms with Crippen molar-refractivity contribution in [2.45, 2.75) is 31.8 Å². The van der Waals surface area contributed by atoms with Crippen LogP contribution in [0.25, 0.3) is 0 Å². The summed E-state index contributed by atoms with van der Waals surface area (Å²) in [5.41, 5.74) is 1.25. The number of halogens is 1. The molecule has 0 unspecified atom stereocenters. The molecule has 0 radical (unpaired) electrons. The molecule has 3 heterocycles. The van der Waals surface area contributed by atoms with Crippen LogP contribution in [0.2, 0.25) is 0 Å². The Hall–Kier alpha value is -1.46. The van der Waals surface area contributed by atoms with Crippen LogP contribution in [0.15, 0.2) is 24.3 Å². The lowest BCUT2D eigenvalue weighted by atomic mass is 9.76. The molecule has 0 aromatic heterocycles. The SMILES string of the molecule is O=C(C1CCOCC1)N1CC2(CO[C@H](Cc3ccc(F)cc3)C2)C1. The fraction of sp³-hybridized carbons (Fsp3) is 0.632. The van der Waals surface area contributed by atoms with Crippen LogP contribution in [-0.2, 0) is 20.7 Å². The van der Waals surface area contributed by atoms with Crippen LogP contribution in [0.3, 0.4) is 0 Å². The summed E-state index contributed by atoms with van der Waals surface area (Å²) in [7, 11) is 0. The van der Waals surface area contributed by atoms with Gasteiger partial charge in [-0.05, 0) is 43.4 Å². The van der Waals surface area contributed by atoms with Crippen LogP contribution in [0.1, 0.15) is 24.8 Å². The molecule has 0 bridgehead atoms. The average molecular weight is 333 g/mol. The number of likely N-dealkylation sites (tertiary alicyclic amines) is 1. The molecule has 4 nitrogen and oxygen atoms in total. The summed E-state index contributed by atoms with van der Waals surface area (Å²) in [6.07, 6.45) is 3.69. The fourth-order valence-electron chi connectivity index (χ4n) is 4.25. The van der Waals surface area contributed by atoms with Gasteiger partial charge in [-0.15, -0.1) is 0 Å². The Labute approximate surface area is 141 Å². The van der Waals surface area contributed by atoms with Crippen molar-refractivity contribution >= 4 is 5.91 Å². The molecular weight excluding hydrogens is 309 g/mol. The molecule has 1 aromatic carbocycles. The number of ether oxygens (including phenoxy) is 2. The first-order valence-corrected chi connectivity index (χ1v) is 8.86. The molecule has 4 rings (SSSR count). The number of nitrogens with zero attached hydrogens (tertiary/aromatic N) is 1. The molecule has 1 spiro atoms. The number of carbonyl (C=O) groups is 1. The van der Waals surface area contributed by atoms with Gasteiger partial charge in [-0.3, -0.25) is 4.79 Å². The minimum atomic E-state index is -0.205. The topological polar surface area (TPSA) is 38.8 Å². The smallest absolute Gasteiger partial charge is 0.225 e. The van der Waals surface area contributed by atoms with Crippen molar-refractivity contribution in [2.75, 3.05) is 32.9 Å². The Morgan fingerprint density at radius 2 is 1.92 bits per heavy atom. The van der Waals surface area contributed by atoms with E-state index in [1.165, 1.54) is 12.1 Å². The lowest BCUT2D eigenvalue weighted by Gasteiger charge is -2.48. The van der Waals surface area contributed by atoms with Gasteiger partial charge in [-0.1, -0.05) is 12.1 Å². The average Bonchev–Trinajstić information content (AvgIpc) is 3.00. The first-order chi connectivity index (χ1) is 11.6. The molecule has 3 saturated heterocycles. The Morgan fingerprint density at radius 3 is 2.62 bits per heavy atom. The number of amides is 1. The molecule has 0 aliphatic carbocycles. The highest BCUT2D eigenvalue weighted by Crippen LogP contribution is 2.42. The van der Waals surface area contributed by atoms with Gasteiger partial charge in [0.05, 0.1) is 12.7 Å². The highest BCUT2D eigenvalue weighted by atomic mass is 19.1. The summed E-state index contributed by atoms with van der Waals surface area (Å²) in [5, 5.41) is 0. The number of hydrogen-bond acceptors (Lipinski definition) is 3. The third-order valence-electron chi connectivity index (χ3n) is 5.60. The quantitative estimate of drug-likeness (QED) is 0.853. The molecule has 0 saturated carbocycles. The summed E-state index contributed by atoms with van der Waals surface area (Å²) in [5.74, 6) is 0.239. The summed E-state index contributed by atoms with van der Waals surface area (Å²) in [4.78, 5) is 14.5. The van der Waals surface area contributed by atoms with Gasteiger partial charge in [-0.25, -0.2) is 4.39 Å². The lowest BCUT2D eigenvalue weighted by Crippen LogP contribution is -2.60. The minimum absolute atomic E-state index is 0.144. The van der Waals surface area contributed by atoms with E-state index in [0.29, 0.717) is 19.1 Å². The molecule has 3 aliphatic rings. The molecule has 3 fully saturated rings. The Bertz CT molecular complexity index is 591. The Morgan fingerprint density at radius 1 is 1.21 bits per heavy atom. The fourth-order valence-corrected chi connectivity index (χ4v) is 4.25. The monoisotopic (exact) mass is 333 g/mol. The van der Waals surface area contributed by atoms with E-state index in [2.05, 4.69) is 0 Å². The van der Waals surface area contributed by atoms with Gasteiger partial charge < -0.3 is 14.4 Å². The van der Waals surface area contributed by atoms with E-state index < -0.39 is 0 Å². The van der Waals surface area contributed by atoms with E-state index in [9.17, 15) is 9.18 Å². The van der Waals surface area contributed by atoms with Crippen molar-refractivity contribution in [3.8, 4) is 0 Å². The van der Waals surface area contributed by atoms with E-state index >= 15 is 0 Å². The van der Waals surface area contributed by atoms with Crippen molar-refractivity contribution in [3.05, 3.63) is 35.6 Å². The zero-order chi connectivity index (χ0) is 16.6. The van der Waals surface area contributed by atoms with Crippen molar-refractivity contribution in [2.24, 2.45) is 11.3 Å². The van der Waals surface area contributed by atoms with Gasteiger partial charge in [0.25, 0.3) is 0 Å². The number of hydrogen-bond donors (Lipinski definition) is 0. The molecule has 0 N–H and O–H groups in total. The highest BCUT2D eigenvalue weighted by molar-refractivity contribution is 5.80. The second-order valence-electron chi connectivity index (χ2n) is 7.55. The number of benzene rings is 1. The normalized spacial score (nSPS) is 26.5. The molecule has 1 atom stereocenters. The minimum Gasteiger partial charge on any atom is -0.381 e. The van der Waals surface area contributed by atoms with Crippen LogP contribution >= 0.6 is 0 Å². The summed E-state index contributed by atoms with van der Waals surface area (Å²) >= 11 is 0. The van der Waals surface area contributed by atoms with Gasteiger partial charge in [0.15, 0.2) is 0 Å². The summed E-state index contributed by atoms with van der Waals surface area (Å²) in [6.45, 7) is 3.79. The van der Waals surface area contributed by atoms with Gasteiger partial charge in [-0.2, -0.15) is 0 Å². The second-order valence-corrected chi connectivity index (χ2v) is 7.55. The van der Waals surface area contributed by atoms with Crippen LogP contribution in [0.5, 0.6) is 0 Å². The van der Waals surface area contributed by atoms with E-state index in [4.69, 9.17) is 9.47 Å².